The molecule has 0 aliphatic carbocycles. The Morgan fingerprint density at radius 1 is 1.05 bits per heavy atom. The topological polar surface area (TPSA) is 12.5 Å². The van der Waals surface area contributed by atoms with E-state index in [9.17, 15) is 0 Å². The fourth-order valence-corrected chi connectivity index (χ4v) is 2.70. The maximum Gasteiger partial charge on any atom is 0.135 e. The van der Waals surface area contributed by atoms with Crippen molar-refractivity contribution in [2.75, 3.05) is 20.6 Å². The van der Waals surface area contributed by atoms with Crippen LogP contribution < -0.4 is 4.74 Å². The molecule has 0 amide bonds. The minimum atomic E-state index is 0.732. The van der Waals surface area contributed by atoms with Crippen LogP contribution in [-0.4, -0.2) is 25.5 Å². The van der Waals surface area contributed by atoms with Crippen LogP contribution in [0, 0.1) is 0 Å². The Labute approximate surface area is 130 Å². The Bertz CT molecular complexity index is 691. The summed E-state index contributed by atoms with van der Waals surface area (Å²) in [6.07, 6.45) is 3.26. The Balaban J connectivity index is 2.06. The second-order valence-corrected chi connectivity index (χ2v) is 5.88. The van der Waals surface area contributed by atoms with Gasteiger partial charge in [-0.3, -0.25) is 0 Å². The molecule has 0 N–H and O–H groups in total. The number of para-hydroxylation sites is 1. The van der Waals surface area contributed by atoms with E-state index in [4.69, 9.17) is 16.3 Å². The Kier molecular flexibility index (Phi) is 4.00. The summed E-state index contributed by atoms with van der Waals surface area (Å²) in [5.41, 5.74) is 3.40. The molecule has 0 saturated carbocycles. The maximum atomic E-state index is 6.16. The van der Waals surface area contributed by atoms with Gasteiger partial charge in [-0.05, 0) is 50.4 Å². The van der Waals surface area contributed by atoms with E-state index < -0.39 is 0 Å². The van der Waals surface area contributed by atoms with E-state index in [-0.39, 0.29) is 0 Å². The molecule has 1 aliphatic rings. The molecular formula is C18H18ClNO. The lowest BCUT2D eigenvalue weighted by atomic mass is 9.93. The summed E-state index contributed by atoms with van der Waals surface area (Å²) in [5.74, 6) is 1.78. The van der Waals surface area contributed by atoms with Crippen molar-refractivity contribution in [3.63, 3.8) is 0 Å². The van der Waals surface area contributed by atoms with Crippen LogP contribution in [0.1, 0.15) is 17.5 Å². The molecule has 2 aromatic carbocycles. The van der Waals surface area contributed by atoms with Crippen molar-refractivity contribution in [2.45, 2.75) is 6.42 Å². The van der Waals surface area contributed by atoms with Crippen LogP contribution in [0.4, 0.5) is 0 Å². The number of nitrogens with zero attached hydrogens (tertiary/aromatic N) is 1. The predicted octanol–water partition coefficient (Wildman–Crippen LogP) is 4.83. The van der Waals surface area contributed by atoms with Gasteiger partial charge in [-0.15, -0.1) is 0 Å². The van der Waals surface area contributed by atoms with Gasteiger partial charge in [-0.25, -0.2) is 0 Å². The van der Waals surface area contributed by atoms with Crippen LogP contribution in [0.15, 0.2) is 48.5 Å². The Morgan fingerprint density at radius 2 is 1.81 bits per heavy atom. The van der Waals surface area contributed by atoms with Crippen molar-refractivity contribution in [2.24, 2.45) is 0 Å². The predicted molar refractivity (Wildman–Crippen MR) is 88.2 cm³/mol. The monoisotopic (exact) mass is 299 g/mol. The summed E-state index contributed by atoms with van der Waals surface area (Å²) in [7, 11) is 4.17. The van der Waals surface area contributed by atoms with Gasteiger partial charge in [0.15, 0.2) is 0 Å². The number of benzene rings is 2. The quantitative estimate of drug-likeness (QED) is 0.687. The highest BCUT2D eigenvalue weighted by molar-refractivity contribution is 6.30. The van der Waals surface area contributed by atoms with E-state index in [1.807, 2.05) is 36.4 Å². The zero-order valence-corrected chi connectivity index (χ0v) is 13.0. The molecule has 0 spiro atoms. The summed E-state index contributed by atoms with van der Waals surface area (Å²) in [6.45, 7) is 1.02. The van der Waals surface area contributed by atoms with Crippen LogP contribution in [-0.2, 0) is 0 Å². The van der Waals surface area contributed by atoms with Gasteiger partial charge in [0, 0.05) is 22.7 Å². The van der Waals surface area contributed by atoms with Gasteiger partial charge in [0.2, 0.25) is 0 Å². The van der Waals surface area contributed by atoms with Crippen molar-refractivity contribution in [1.29, 1.82) is 0 Å². The molecule has 21 heavy (non-hydrogen) atoms. The minimum Gasteiger partial charge on any atom is -0.456 e. The number of fused-ring (bicyclic) bond motifs is 2. The number of ether oxygens (including phenoxy) is 1. The van der Waals surface area contributed by atoms with Crippen molar-refractivity contribution in [1.82, 2.24) is 4.90 Å². The third kappa shape index (κ3) is 2.97. The first-order valence-electron chi connectivity index (χ1n) is 7.07. The van der Waals surface area contributed by atoms with Gasteiger partial charge < -0.3 is 9.64 Å². The van der Waals surface area contributed by atoms with E-state index in [1.54, 1.807) is 0 Å². The average Bonchev–Trinajstić information content (AvgIpc) is 2.46. The third-order valence-corrected chi connectivity index (χ3v) is 3.79. The molecule has 1 heterocycles. The molecule has 0 radical (unpaired) electrons. The third-order valence-electron chi connectivity index (χ3n) is 3.55. The van der Waals surface area contributed by atoms with Crippen LogP contribution >= 0.6 is 11.6 Å². The number of hydrogen-bond donors (Lipinski definition) is 0. The van der Waals surface area contributed by atoms with Gasteiger partial charge >= 0.3 is 0 Å². The molecule has 0 saturated heterocycles. The van der Waals surface area contributed by atoms with Crippen LogP contribution in [0.25, 0.3) is 5.57 Å². The highest BCUT2D eigenvalue weighted by Crippen LogP contribution is 2.44. The first-order chi connectivity index (χ1) is 10.1. The van der Waals surface area contributed by atoms with Gasteiger partial charge in [-0.2, -0.15) is 0 Å². The molecule has 1 aliphatic heterocycles. The second kappa shape index (κ2) is 5.92. The lowest BCUT2D eigenvalue weighted by molar-refractivity contribution is 0.417. The lowest BCUT2D eigenvalue weighted by Gasteiger charge is -2.23. The van der Waals surface area contributed by atoms with Crippen molar-refractivity contribution < 1.29 is 4.74 Å². The van der Waals surface area contributed by atoms with Gasteiger partial charge in [0.25, 0.3) is 0 Å². The van der Waals surface area contributed by atoms with E-state index in [0.29, 0.717) is 0 Å². The SMILES string of the molecule is CN(C)CC/C=C1/c2ccccc2Oc2ccc(Cl)cc21. The molecule has 108 valence electrons. The van der Waals surface area contributed by atoms with Gasteiger partial charge in [0.1, 0.15) is 11.5 Å². The standard InChI is InChI=1S/C18H18ClNO/c1-20(2)11-5-7-14-15-6-3-4-8-17(15)21-18-10-9-13(19)12-16(14)18/h3-4,6-10,12H,5,11H2,1-2H3/b14-7-. The molecule has 0 atom stereocenters. The largest absolute Gasteiger partial charge is 0.456 e. The first kappa shape index (κ1) is 14.2. The van der Waals surface area contributed by atoms with E-state index in [0.717, 1.165) is 40.6 Å². The molecule has 0 fully saturated rings. The number of halogens is 1. The van der Waals surface area contributed by atoms with Crippen LogP contribution in [0.2, 0.25) is 5.02 Å². The molecule has 0 aromatic heterocycles. The molecule has 0 bridgehead atoms. The fourth-order valence-electron chi connectivity index (χ4n) is 2.53. The summed E-state index contributed by atoms with van der Waals surface area (Å²) >= 11 is 6.16. The average molecular weight is 300 g/mol. The summed E-state index contributed by atoms with van der Waals surface area (Å²) in [5, 5.41) is 0.732. The van der Waals surface area contributed by atoms with Crippen molar-refractivity contribution >= 4 is 17.2 Å². The number of hydrogen-bond acceptors (Lipinski definition) is 2. The van der Waals surface area contributed by atoms with Crippen LogP contribution in [0.3, 0.4) is 0 Å². The van der Waals surface area contributed by atoms with E-state index in [2.05, 4.69) is 31.1 Å². The van der Waals surface area contributed by atoms with Gasteiger partial charge in [0.05, 0.1) is 0 Å². The molecule has 2 nitrogen and oxygen atoms in total. The summed E-state index contributed by atoms with van der Waals surface area (Å²) in [4.78, 5) is 2.18. The molecule has 3 heteroatoms. The fraction of sp³-hybridized carbons (Fsp3) is 0.222. The lowest BCUT2D eigenvalue weighted by Crippen LogP contribution is -2.12. The smallest absolute Gasteiger partial charge is 0.135 e. The van der Waals surface area contributed by atoms with Crippen molar-refractivity contribution in [3.8, 4) is 11.5 Å². The summed E-state index contributed by atoms with van der Waals surface area (Å²) < 4.78 is 5.98. The minimum absolute atomic E-state index is 0.732. The highest BCUT2D eigenvalue weighted by atomic mass is 35.5. The molecule has 2 aromatic rings. The normalized spacial score (nSPS) is 14.8. The van der Waals surface area contributed by atoms with Gasteiger partial charge in [-0.1, -0.05) is 35.9 Å². The second-order valence-electron chi connectivity index (χ2n) is 5.45. The maximum absolute atomic E-state index is 6.16. The molecule has 3 rings (SSSR count). The molecule has 0 unspecified atom stereocenters. The zero-order chi connectivity index (χ0) is 14.8. The molecular weight excluding hydrogens is 282 g/mol. The van der Waals surface area contributed by atoms with Crippen molar-refractivity contribution in [3.05, 3.63) is 64.7 Å². The first-order valence-corrected chi connectivity index (χ1v) is 7.45. The summed E-state index contributed by atoms with van der Waals surface area (Å²) in [6, 6.07) is 13.9. The zero-order valence-electron chi connectivity index (χ0n) is 12.3. The van der Waals surface area contributed by atoms with E-state index >= 15 is 0 Å². The van der Waals surface area contributed by atoms with Crippen LogP contribution in [0.5, 0.6) is 11.5 Å². The Hall–Kier alpha value is -1.77. The van der Waals surface area contributed by atoms with E-state index in [1.165, 1.54) is 5.57 Å². The highest BCUT2D eigenvalue weighted by Gasteiger charge is 2.21. The Morgan fingerprint density at radius 3 is 2.62 bits per heavy atom. The number of rotatable bonds is 3.